The van der Waals surface area contributed by atoms with Crippen LogP contribution >= 0.6 is 0 Å². The second kappa shape index (κ2) is 8.98. The zero-order chi connectivity index (χ0) is 21.9. The first-order valence-electron chi connectivity index (χ1n) is 10.3. The zero-order valence-electron chi connectivity index (χ0n) is 19.1. The predicted molar refractivity (Wildman–Crippen MR) is 111 cm³/mol. The molecule has 4 unspecified atom stereocenters. The molecular formula is C23H40O5. The number of aliphatic hydroxyl groups is 1. The maximum absolute atomic E-state index is 13.0. The van der Waals surface area contributed by atoms with E-state index in [1.54, 1.807) is 6.92 Å². The van der Waals surface area contributed by atoms with Gasteiger partial charge in [-0.25, -0.2) is 4.79 Å². The lowest BCUT2D eigenvalue weighted by molar-refractivity contribution is -0.168. The highest BCUT2D eigenvalue weighted by atomic mass is 16.6. The van der Waals surface area contributed by atoms with E-state index in [2.05, 4.69) is 48.1 Å². The molecule has 1 fully saturated rings. The number of carbonyl (C=O) groups is 2. The third kappa shape index (κ3) is 6.61. The second-order valence-corrected chi connectivity index (χ2v) is 10.9. The predicted octanol–water partition coefficient (Wildman–Crippen LogP) is 4.67. The summed E-state index contributed by atoms with van der Waals surface area (Å²) in [5, 5.41) is 10.3. The lowest BCUT2D eigenvalue weighted by Gasteiger charge is -2.43. The first kappa shape index (κ1) is 24.7. The summed E-state index contributed by atoms with van der Waals surface area (Å²) in [6.07, 6.45) is 1.22. The van der Waals surface area contributed by atoms with Gasteiger partial charge in [0.1, 0.15) is 6.10 Å². The minimum Gasteiger partial charge on any atom is -0.465 e. The molecule has 0 aromatic carbocycles. The van der Waals surface area contributed by atoms with Gasteiger partial charge in [-0.1, -0.05) is 48.1 Å². The quantitative estimate of drug-likeness (QED) is 0.522. The van der Waals surface area contributed by atoms with E-state index in [-0.39, 0.29) is 29.3 Å². The monoisotopic (exact) mass is 396 g/mol. The van der Waals surface area contributed by atoms with E-state index in [4.69, 9.17) is 9.47 Å². The summed E-state index contributed by atoms with van der Waals surface area (Å²) in [4.78, 5) is 24.7. The zero-order valence-corrected chi connectivity index (χ0v) is 19.1. The van der Waals surface area contributed by atoms with Gasteiger partial charge in [0.2, 0.25) is 0 Å². The molecule has 0 heterocycles. The molecule has 1 aliphatic rings. The smallest absolute Gasteiger partial charge is 0.333 e. The van der Waals surface area contributed by atoms with Gasteiger partial charge in [-0.05, 0) is 56.3 Å². The molecular weight excluding hydrogens is 356 g/mol. The Morgan fingerprint density at radius 2 is 1.64 bits per heavy atom. The lowest BCUT2D eigenvalue weighted by atomic mass is 9.61. The van der Waals surface area contributed by atoms with Crippen LogP contribution in [0.2, 0.25) is 0 Å². The molecule has 0 aliphatic heterocycles. The van der Waals surface area contributed by atoms with Crippen molar-refractivity contribution in [2.75, 3.05) is 6.61 Å². The van der Waals surface area contributed by atoms with Crippen LogP contribution in [0.15, 0.2) is 12.2 Å². The van der Waals surface area contributed by atoms with Crippen LogP contribution in [0.3, 0.4) is 0 Å². The van der Waals surface area contributed by atoms with Crippen LogP contribution in [-0.2, 0) is 19.1 Å². The van der Waals surface area contributed by atoms with Gasteiger partial charge in [0.05, 0.1) is 18.1 Å². The first-order valence-corrected chi connectivity index (χ1v) is 10.3. The Balaban J connectivity index is 2.67. The molecule has 5 nitrogen and oxygen atoms in total. The van der Waals surface area contributed by atoms with Gasteiger partial charge in [0.15, 0.2) is 0 Å². The van der Waals surface area contributed by atoms with Gasteiger partial charge >= 0.3 is 11.9 Å². The Labute approximate surface area is 170 Å². The minimum absolute atomic E-state index is 0.00244. The number of hydrogen-bond donors (Lipinski definition) is 1. The fraction of sp³-hybridized carbons (Fsp3) is 0.826. The van der Waals surface area contributed by atoms with E-state index in [1.165, 1.54) is 0 Å². The number of hydrogen-bond acceptors (Lipinski definition) is 5. The Hall–Kier alpha value is -1.36. The van der Waals surface area contributed by atoms with Crippen LogP contribution in [0, 0.1) is 22.2 Å². The molecule has 0 spiro atoms. The molecule has 0 aromatic rings. The molecule has 0 radical (unpaired) electrons. The second-order valence-electron chi connectivity index (χ2n) is 10.9. The average molecular weight is 397 g/mol. The van der Waals surface area contributed by atoms with Gasteiger partial charge in [-0.2, -0.15) is 0 Å². The summed E-state index contributed by atoms with van der Waals surface area (Å²) in [6.45, 7) is 20.0. The summed E-state index contributed by atoms with van der Waals surface area (Å²) < 4.78 is 11.0. The molecule has 0 aromatic heterocycles. The third-order valence-corrected chi connectivity index (χ3v) is 5.91. The molecule has 0 amide bonds. The lowest BCUT2D eigenvalue weighted by Crippen LogP contribution is -2.45. The third-order valence-electron chi connectivity index (χ3n) is 5.91. The molecule has 4 atom stereocenters. The van der Waals surface area contributed by atoms with E-state index in [0.717, 1.165) is 12.8 Å². The van der Waals surface area contributed by atoms with Gasteiger partial charge in [0, 0.05) is 5.57 Å². The van der Waals surface area contributed by atoms with E-state index in [0.29, 0.717) is 18.4 Å². The summed E-state index contributed by atoms with van der Waals surface area (Å²) in [5.74, 6) is -0.588. The van der Waals surface area contributed by atoms with Crippen molar-refractivity contribution in [3.63, 3.8) is 0 Å². The number of aliphatic hydroxyl groups excluding tert-OH is 1. The van der Waals surface area contributed by atoms with Crippen molar-refractivity contribution < 1.29 is 24.2 Å². The van der Waals surface area contributed by atoms with Crippen molar-refractivity contribution >= 4 is 11.9 Å². The highest BCUT2D eigenvalue weighted by Gasteiger charge is 2.48. The summed E-state index contributed by atoms with van der Waals surface area (Å²) in [7, 11) is 0. The van der Waals surface area contributed by atoms with Gasteiger partial charge < -0.3 is 14.6 Å². The Morgan fingerprint density at radius 1 is 1.07 bits per heavy atom. The maximum Gasteiger partial charge on any atom is 0.333 e. The molecule has 1 N–H and O–H groups in total. The van der Waals surface area contributed by atoms with E-state index in [9.17, 15) is 14.7 Å². The van der Waals surface area contributed by atoms with Gasteiger partial charge in [-0.15, -0.1) is 0 Å². The number of carbonyl (C=O) groups excluding carboxylic acids is 2. The van der Waals surface area contributed by atoms with Crippen molar-refractivity contribution in [1.29, 1.82) is 0 Å². The van der Waals surface area contributed by atoms with Crippen molar-refractivity contribution in [1.82, 2.24) is 0 Å². The normalized spacial score (nSPS) is 25.5. The Morgan fingerprint density at radius 3 is 2.07 bits per heavy atom. The molecule has 1 rings (SSSR count). The highest BCUT2D eigenvalue weighted by molar-refractivity contribution is 5.87. The van der Waals surface area contributed by atoms with E-state index >= 15 is 0 Å². The van der Waals surface area contributed by atoms with Crippen LogP contribution in [0.25, 0.3) is 0 Å². The van der Waals surface area contributed by atoms with Crippen molar-refractivity contribution in [2.24, 2.45) is 22.2 Å². The van der Waals surface area contributed by atoms with Crippen molar-refractivity contribution in [3.05, 3.63) is 12.2 Å². The molecule has 1 saturated carbocycles. The SMILES string of the molecule is C=C(C)C(=O)OC1CCC(COC(=O)C(C)(CC(C)(C)C)C(C)(C)C)CC1O. The highest BCUT2D eigenvalue weighted by Crippen LogP contribution is 2.47. The minimum atomic E-state index is -0.746. The van der Waals surface area contributed by atoms with Gasteiger partial charge in [0.25, 0.3) is 0 Å². The fourth-order valence-corrected chi connectivity index (χ4v) is 3.79. The number of esters is 2. The van der Waals surface area contributed by atoms with Crippen LogP contribution in [0.1, 0.15) is 81.1 Å². The standard InChI is InChI=1S/C23H40O5/c1-15(2)19(25)28-18-11-10-16(12-17(18)24)13-27-20(26)23(9,22(6,7)8)14-21(3,4)5/h16-18,24H,1,10-14H2,2-9H3. The molecule has 162 valence electrons. The topological polar surface area (TPSA) is 72.8 Å². The maximum atomic E-state index is 13.0. The van der Waals surface area contributed by atoms with Gasteiger partial charge in [-0.3, -0.25) is 4.79 Å². The first-order chi connectivity index (χ1) is 12.6. The Bertz CT molecular complexity index is 581. The number of ether oxygens (including phenoxy) is 2. The van der Waals surface area contributed by atoms with E-state index < -0.39 is 23.6 Å². The Kier molecular flexibility index (Phi) is 7.91. The number of rotatable bonds is 6. The average Bonchev–Trinajstić information content (AvgIpc) is 2.51. The van der Waals surface area contributed by atoms with Crippen molar-refractivity contribution in [3.8, 4) is 0 Å². The molecule has 28 heavy (non-hydrogen) atoms. The molecule has 1 aliphatic carbocycles. The molecule has 0 saturated heterocycles. The van der Waals surface area contributed by atoms with E-state index in [1.807, 2.05) is 6.92 Å². The fourth-order valence-electron chi connectivity index (χ4n) is 3.79. The molecule has 5 heteroatoms. The molecule has 0 bridgehead atoms. The van der Waals surface area contributed by atoms with Crippen LogP contribution < -0.4 is 0 Å². The van der Waals surface area contributed by atoms with Crippen LogP contribution in [0.5, 0.6) is 0 Å². The van der Waals surface area contributed by atoms with Crippen LogP contribution in [0.4, 0.5) is 0 Å². The van der Waals surface area contributed by atoms with Crippen LogP contribution in [-0.4, -0.2) is 35.9 Å². The summed E-state index contributed by atoms with van der Waals surface area (Å²) in [5.41, 5.74) is -0.505. The van der Waals surface area contributed by atoms with Crippen molar-refractivity contribution in [2.45, 2.75) is 93.3 Å². The largest absolute Gasteiger partial charge is 0.465 e. The summed E-state index contributed by atoms with van der Waals surface area (Å²) >= 11 is 0. The summed E-state index contributed by atoms with van der Waals surface area (Å²) in [6, 6.07) is 0.